The molecule has 0 bridgehead atoms. The lowest BCUT2D eigenvalue weighted by molar-refractivity contribution is 0.740. The van der Waals surface area contributed by atoms with Crippen molar-refractivity contribution in [2.24, 2.45) is 5.73 Å². The van der Waals surface area contributed by atoms with Crippen molar-refractivity contribution in [1.82, 2.24) is 0 Å². The van der Waals surface area contributed by atoms with Gasteiger partial charge in [0.15, 0.2) is 0 Å². The summed E-state index contributed by atoms with van der Waals surface area (Å²) in [4.78, 5) is 1.58. The third-order valence-corrected chi connectivity index (χ3v) is 3.62. The van der Waals surface area contributed by atoms with E-state index in [9.17, 15) is 0 Å². The summed E-state index contributed by atoms with van der Waals surface area (Å²) >= 11 is 1.89. The van der Waals surface area contributed by atoms with Crippen LogP contribution in [0.25, 0.3) is 0 Å². The van der Waals surface area contributed by atoms with Gasteiger partial charge in [0.05, 0.1) is 0 Å². The van der Waals surface area contributed by atoms with Gasteiger partial charge in [0.2, 0.25) is 0 Å². The summed E-state index contributed by atoms with van der Waals surface area (Å²) in [6, 6.07) is 0. The number of hydrogen-bond acceptors (Lipinski definition) is 2. The highest BCUT2D eigenvalue weighted by Gasteiger charge is 2.22. The molecule has 0 aromatic carbocycles. The van der Waals surface area contributed by atoms with Crippen molar-refractivity contribution in [3.8, 4) is 0 Å². The molecular formula is C9H13NS. The lowest BCUT2D eigenvalue weighted by atomic mass is 10.0. The summed E-state index contributed by atoms with van der Waals surface area (Å²) in [7, 11) is 0. The van der Waals surface area contributed by atoms with E-state index < -0.39 is 0 Å². The zero-order valence-electron chi connectivity index (χ0n) is 6.76. The Hall–Kier alpha value is -0.340. The molecule has 0 aliphatic heterocycles. The van der Waals surface area contributed by atoms with Crippen molar-refractivity contribution >= 4 is 11.3 Å². The minimum Gasteiger partial charge on any atom is -0.326 e. The Morgan fingerprint density at radius 1 is 1.73 bits per heavy atom. The van der Waals surface area contributed by atoms with Crippen LogP contribution >= 0.6 is 11.3 Å². The monoisotopic (exact) mass is 167 g/mol. The first kappa shape index (κ1) is 7.32. The topological polar surface area (TPSA) is 26.0 Å². The van der Waals surface area contributed by atoms with E-state index in [1.54, 1.807) is 10.4 Å². The summed E-state index contributed by atoms with van der Waals surface area (Å²) in [6.45, 7) is 3.02. The Balaban J connectivity index is 2.46. The van der Waals surface area contributed by atoms with Gasteiger partial charge in [0.25, 0.3) is 0 Å². The van der Waals surface area contributed by atoms with Gasteiger partial charge in [0.1, 0.15) is 0 Å². The van der Waals surface area contributed by atoms with E-state index in [-0.39, 0.29) is 0 Å². The molecule has 1 aromatic rings. The van der Waals surface area contributed by atoms with Crippen LogP contribution in [-0.4, -0.2) is 0 Å². The van der Waals surface area contributed by atoms with Crippen molar-refractivity contribution in [1.29, 1.82) is 0 Å². The molecule has 1 aliphatic carbocycles. The molecule has 11 heavy (non-hydrogen) atoms. The Labute approximate surface area is 71.2 Å². The zero-order valence-corrected chi connectivity index (χ0v) is 7.58. The SMILES string of the molecule is CC1CCc2scc(CN)c21. The van der Waals surface area contributed by atoms with Crippen LogP contribution in [0.2, 0.25) is 0 Å². The molecule has 1 aliphatic rings. The van der Waals surface area contributed by atoms with Crippen LogP contribution in [0.15, 0.2) is 5.38 Å². The van der Waals surface area contributed by atoms with Crippen molar-refractivity contribution in [3.63, 3.8) is 0 Å². The number of thiophene rings is 1. The predicted octanol–water partition coefficient (Wildman–Crippen LogP) is 2.26. The maximum absolute atomic E-state index is 5.64. The largest absolute Gasteiger partial charge is 0.326 e. The van der Waals surface area contributed by atoms with Gasteiger partial charge in [-0.25, -0.2) is 0 Å². The van der Waals surface area contributed by atoms with Crippen LogP contribution in [0.3, 0.4) is 0 Å². The van der Waals surface area contributed by atoms with Crippen molar-refractivity contribution in [2.75, 3.05) is 0 Å². The molecule has 2 heteroatoms. The smallest absolute Gasteiger partial charge is 0.0189 e. The molecule has 1 heterocycles. The number of fused-ring (bicyclic) bond motifs is 1. The minimum atomic E-state index is 0.718. The summed E-state index contributed by atoms with van der Waals surface area (Å²) in [6.07, 6.45) is 2.61. The standard InChI is InChI=1S/C9H13NS/c1-6-2-3-8-9(6)7(4-10)5-11-8/h5-6H,2-4,10H2,1H3. The van der Waals surface area contributed by atoms with Crippen LogP contribution < -0.4 is 5.73 Å². The molecule has 2 rings (SSSR count). The van der Waals surface area contributed by atoms with Crippen LogP contribution in [0.4, 0.5) is 0 Å². The van der Waals surface area contributed by atoms with E-state index in [2.05, 4.69) is 12.3 Å². The number of rotatable bonds is 1. The van der Waals surface area contributed by atoms with Crippen LogP contribution in [0.1, 0.15) is 35.3 Å². The van der Waals surface area contributed by atoms with Crippen molar-refractivity contribution in [3.05, 3.63) is 21.4 Å². The minimum absolute atomic E-state index is 0.718. The Morgan fingerprint density at radius 2 is 2.55 bits per heavy atom. The van der Waals surface area contributed by atoms with Crippen LogP contribution in [-0.2, 0) is 13.0 Å². The highest BCUT2D eigenvalue weighted by molar-refractivity contribution is 7.10. The lowest BCUT2D eigenvalue weighted by Gasteiger charge is -2.03. The van der Waals surface area contributed by atoms with Gasteiger partial charge in [-0.05, 0) is 35.3 Å². The lowest BCUT2D eigenvalue weighted by Crippen LogP contribution is -1.99. The fourth-order valence-electron chi connectivity index (χ4n) is 1.88. The first-order valence-electron chi connectivity index (χ1n) is 4.12. The molecule has 1 nitrogen and oxygen atoms in total. The van der Waals surface area contributed by atoms with Gasteiger partial charge in [0, 0.05) is 11.4 Å². The van der Waals surface area contributed by atoms with E-state index in [1.165, 1.54) is 18.4 Å². The molecule has 2 N–H and O–H groups in total. The van der Waals surface area contributed by atoms with E-state index in [0.717, 1.165) is 12.5 Å². The Kier molecular flexibility index (Phi) is 1.74. The average Bonchev–Trinajstić information content (AvgIpc) is 2.54. The summed E-state index contributed by atoms with van der Waals surface area (Å²) in [5, 5.41) is 2.22. The number of hydrogen-bond donors (Lipinski definition) is 1. The summed E-state index contributed by atoms with van der Waals surface area (Å²) in [5.41, 5.74) is 8.59. The number of nitrogens with two attached hydrogens (primary N) is 1. The Morgan fingerprint density at radius 3 is 3.27 bits per heavy atom. The van der Waals surface area contributed by atoms with Crippen molar-refractivity contribution in [2.45, 2.75) is 32.2 Å². The molecule has 0 spiro atoms. The zero-order chi connectivity index (χ0) is 7.84. The van der Waals surface area contributed by atoms with Crippen molar-refractivity contribution < 1.29 is 0 Å². The second-order valence-electron chi connectivity index (χ2n) is 3.24. The van der Waals surface area contributed by atoms with E-state index >= 15 is 0 Å². The molecule has 0 fully saturated rings. The highest BCUT2D eigenvalue weighted by Crippen LogP contribution is 2.38. The van der Waals surface area contributed by atoms with Gasteiger partial charge in [-0.3, -0.25) is 0 Å². The van der Waals surface area contributed by atoms with E-state index in [1.807, 2.05) is 11.3 Å². The molecule has 1 atom stereocenters. The van der Waals surface area contributed by atoms with Gasteiger partial charge >= 0.3 is 0 Å². The molecule has 0 radical (unpaired) electrons. The van der Waals surface area contributed by atoms with Gasteiger partial charge in [-0.2, -0.15) is 0 Å². The summed E-state index contributed by atoms with van der Waals surface area (Å²) < 4.78 is 0. The molecular weight excluding hydrogens is 154 g/mol. The number of aryl methyl sites for hydroxylation is 1. The van der Waals surface area contributed by atoms with E-state index in [4.69, 9.17) is 5.73 Å². The highest BCUT2D eigenvalue weighted by atomic mass is 32.1. The van der Waals surface area contributed by atoms with Crippen LogP contribution in [0, 0.1) is 0 Å². The molecule has 0 saturated carbocycles. The maximum Gasteiger partial charge on any atom is 0.0189 e. The first-order valence-corrected chi connectivity index (χ1v) is 5.00. The van der Waals surface area contributed by atoms with Crippen LogP contribution in [0.5, 0.6) is 0 Å². The summed E-state index contributed by atoms with van der Waals surface area (Å²) in [5.74, 6) is 0.759. The third-order valence-electron chi connectivity index (χ3n) is 2.51. The van der Waals surface area contributed by atoms with E-state index in [0.29, 0.717) is 0 Å². The van der Waals surface area contributed by atoms with Gasteiger partial charge in [-0.1, -0.05) is 6.92 Å². The molecule has 1 aromatic heterocycles. The Bertz CT molecular complexity index is 265. The quantitative estimate of drug-likeness (QED) is 0.682. The third kappa shape index (κ3) is 1.01. The molecule has 0 saturated heterocycles. The fourth-order valence-corrected chi connectivity index (χ4v) is 3.09. The molecule has 1 unspecified atom stereocenters. The normalized spacial score (nSPS) is 22.2. The maximum atomic E-state index is 5.64. The predicted molar refractivity (Wildman–Crippen MR) is 48.9 cm³/mol. The van der Waals surface area contributed by atoms with Gasteiger partial charge in [-0.15, -0.1) is 11.3 Å². The second-order valence-corrected chi connectivity index (χ2v) is 4.21. The van der Waals surface area contributed by atoms with Gasteiger partial charge < -0.3 is 5.73 Å². The first-order chi connectivity index (χ1) is 5.33. The molecule has 60 valence electrons. The average molecular weight is 167 g/mol. The second kappa shape index (κ2) is 2.61. The fraction of sp³-hybridized carbons (Fsp3) is 0.556. The molecule has 0 amide bonds.